The zero-order valence-electron chi connectivity index (χ0n) is 10.7. The lowest BCUT2D eigenvalue weighted by Gasteiger charge is -2.19. The highest BCUT2D eigenvalue weighted by Gasteiger charge is 2.47. The van der Waals surface area contributed by atoms with Crippen LogP contribution in [-0.4, -0.2) is 21.8 Å². The molecule has 2 atom stereocenters. The normalized spacial score (nSPS) is 26.6. The topological polar surface area (TPSA) is 57.6 Å². The number of likely N-dealkylation sites (tertiary alicyclic amines) is 1. The summed E-state index contributed by atoms with van der Waals surface area (Å²) in [4.78, 5) is 25.9. The lowest BCUT2D eigenvalue weighted by molar-refractivity contribution is -0.140. The van der Waals surface area contributed by atoms with Gasteiger partial charge >= 0.3 is 0 Å². The van der Waals surface area contributed by atoms with Crippen molar-refractivity contribution in [2.75, 3.05) is 0 Å². The molecule has 3 rings (SSSR count). The highest BCUT2D eigenvalue weighted by atomic mass is 16.3. The minimum atomic E-state index is -0.0986. The highest BCUT2D eigenvalue weighted by molar-refractivity contribution is 6.05. The van der Waals surface area contributed by atoms with Crippen molar-refractivity contribution in [3.8, 4) is 5.75 Å². The van der Waals surface area contributed by atoms with Gasteiger partial charge in [-0.1, -0.05) is 25.0 Å². The van der Waals surface area contributed by atoms with Gasteiger partial charge in [0.1, 0.15) is 5.75 Å². The first-order valence-electron chi connectivity index (χ1n) is 6.80. The van der Waals surface area contributed by atoms with Crippen molar-refractivity contribution in [3.63, 3.8) is 0 Å². The Kier molecular flexibility index (Phi) is 3.01. The Labute approximate surface area is 112 Å². The summed E-state index contributed by atoms with van der Waals surface area (Å²) in [5.41, 5.74) is 0.792. The standard InChI is InChI=1S/C15H17NO3/c17-11-5-3-4-10(8-11)9-16-14(18)12-6-1-2-7-13(12)15(16)19/h3-5,8,12-13,17H,1-2,6-7,9H2. The average molecular weight is 259 g/mol. The van der Waals surface area contributed by atoms with Crippen LogP contribution in [0.3, 0.4) is 0 Å². The maximum Gasteiger partial charge on any atom is 0.233 e. The molecule has 1 N–H and O–H groups in total. The molecule has 0 spiro atoms. The number of aromatic hydroxyl groups is 1. The van der Waals surface area contributed by atoms with E-state index in [1.54, 1.807) is 18.2 Å². The molecular weight excluding hydrogens is 242 g/mol. The van der Waals surface area contributed by atoms with Crippen LogP contribution in [0.15, 0.2) is 24.3 Å². The minimum absolute atomic E-state index is 0.0296. The van der Waals surface area contributed by atoms with Gasteiger partial charge in [-0.15, -0.1) is 0 Å². The monoisotopic (exact) mass is 259 g/mol. The lowest BCUT2D eigenvalue weighted by atomic mass is 9.81. The number of nitrogens with zero attached hydrogens (tertiary/aromatic N) is 1. The number of amides is 2. The van der Waals surface area contributed by atoms with E-state index in [0.29, 0.717) is 0 Å². The van der Waals surface area contributed by atoms with Gasteiger partial charge in [0.05, 0.1) is 18.4 Å². The van der Waals surface area contributed by atoms with E-state index in [2.05, 4.69) is 0 Å². The van der Waals surface area contributed by atoms with Gasteiger partial charge in [0, 0.05) is 0 Å². The van der Waals surface area contributed by atoms with Gasteiger partial charge in [-0.2, -0.15) is 0 Å². The number of phenolic OH excluding ortho intramolecular Hbond substituents is 1. The van der Waals surface area contributed by atoms with Crippen LogP contribution in [0.1, 0.15) is 31.2 Å². The first-order chi connectivity index (χ1) is 9.16. The van der Waals surface area contributed by atoms with Crippen molar-refractivity contribution in [3.05, 3.63) is 29.8 Å². The number of hydrogen-bond donors (Lipinski definition) is 1. The summed E-state index contributed by atoms with van der Waals surface area (Å²) in [6, 6.07) is 6.73. The fourth-order valence-electron chi connectivity index (χ4n) is 3.22. The number of rotatable bonds is 2. The zero-order chi connectivity index (χ0) is 13.4. The van der Waals surface area contributed by atoms with E-state index in [1.165, 1.54) is 4.90 Å². The van der Waals surface area contributed by atoms with Crippen LogP contribution in [0.2, 0.25) is 0 Å². The predicted octanol–water partition coefficient (Wildman–Crippen LogP) is 2.07. The fourth-order valence-corrected chi connectivity index (χ4v) is 3.22. The van der Waals surface area contributed by atoms with Gasteiger partial charge in [0.25, 0.3) is 0 Å². The van der Waals surface area contributed by atoms with Crippen molar-refractivity contribution in [1.29, 1.82) is 0 Å². The number of carbonyl (C=O) groups excluding carboxylic acids is 2. The molecule has 4 nitrogen and oxygen atoms in total. The van der Waals surface area contributed by atoms with E-state index in [0.717, 1.165) is 31.2 Å². The second-order valence-corrected chi connectivity index (χ2v) is 5.43. The maximum absolute atomic E-state index is 12.3. The van der Waals surface area contributed by atoms with E-state index in [1.807, 2.05) is 6.07 Å². The number of hydrogen-bond acceptors (Lipinski definition) is 3. The quantitative estimate of drug-likeness (QED) is 0.827. The maximum atomic E-state index is 12.3. The van der Waals surface area contributed by atoms with Crippen LogP contribution in [-0.2, 0) is 16.1 Å². The molecule has 100 valence electrons. The van der Waals surface area contributed by atoms with Crippen molar-refractivity contribution >= 4 is 11.8 Å². The first kappa shape index (κ1) is 12.2. The van der Waals surface area contributed by atoms with Crippen LogP contribution in [0.4, 0.5) is 0 Å². The van der Waals surface area contributed by atoms with Crippen molar-refractivity contribution in [1.82, 2.24) is 4.90 Å². The molecule has 1 aliphatic heterocycles. The largest absolute Gasteiger partial charge is 0.508 e. The van der Waals surface area contributed by atoms with E-state index in [4.69, 9.17) is 0 Å². The van der Waals surface area contributed by atoms with Gasteiger partial charge in [-0.3, -0.25) is 14.5 Å². The van der Waals surface area contributed by atoms with Crippen molar-refractivity contribution < 1.29 is 14.7 Å². The third-order valence-electron chi connectivity index (χ3n) is 4.18. The lowest BCUT2D eigenvalue weighted by Crippen LogP contribution is -2.30. The summed E-state index contributed by atoms with van der Waals surface area (Å²) >= 11 is 0. The molecule has 1 aromatic carbocycles. The van der Waals surface area contributed by atoms with Gasteiger partial charge in [-0.05, 0) is 30.5 Å². The Morgan fingerprint density at radius 1 is 1.11 bits per heavy atom. The minimum Gasteiger partial charge on any atom is -0.508 e. The number of fused-ring (bicyclic) bond motifs is 1. The molecule has 2 amide bonds. The number of phenols is 1. The summed E-state index contributed by atoms with van der Waals surface area (Å²) in [6.45, 7) is 0.277. The van der Waals surface area contributed by atoms with Gasteiger partial charge in [0.15, 0.2) is 0 Å². The summed E-state index contributed by atoms with van der Waals surface area (Å²) in [6.07, 6.45) is 3.76. The summed E-state index contributed by atoms with van der Waals surface area (Å²) in [5, 5.41) is 9.44. The van der Waals surface area contributed by atoms with E-state index in [-0.39, 0.29) is 35.9 Å². The molecule has 1 aromatic rings. The third kappa shape index (κ3) is 2.11. The molecule has 4 heteroatoms. The van der Waals surface area contributed by atoms with Crippen LogP contribution in [0.5, 0.6) is 5.75 Å². The van der Waals surface area contributed by atoms with Gasteiger partial charge < -0.3 is 5.11 Å². The molecular formula is C15H17NO3. The van der Waals surface area contributed by atoms with Crippen molar-refractivity contribution in [2.45, 2.75) is 32.2 Å². The van der Waals surface area contributed by atoms with E-state index in [9.17, 15) is 14.7 Å². The molecule has 1 saturated heterocycles. The van der Waals surface area contributed by atoms with E-state index < -0.39 is 0 Å². The van der Waals surface area contributed by atoms with Crippen LogP contribution >= 0.6 is 0 Å². The smallest absolute Gasteiger partial charge is 0.233 e. The predicted molar refractivity (Wildman–Crippen MR) is 69.1 cm³/mol. The fraction of sp³-hybridized carbons (Fsp3) is 0.467. The Bertz CT molecular complexity index is 502. The molecule has 2 unspecified atom stereocenters. The molecule has 2 aliphatic rings. The Morgan fingerprint density at radius 3 is 2.32 bits per heavy atom. The number of carbonyl (C=O) groups is 2. The molecule has 1 aliphatic carbocycles. The van der Waals surface area contributed by atoms with Crippen LogP contribution in [0.25, 0.3) is 0 Å². The summed E-state index contributed by atoms with van der Waals surface area (Å²) in [7, 11) is 0. The highest BCUT2D eigenvalue weighted by Crippen LogP contribution is 2.38. The molecule has 19 heavy (non-hydrogen) atoms. The molecule has 1 saturated carbocycles. The number of imide groups is 1. The summed E-state index contributed by atoms with van der Waals surface area (Å²) < 4.78 is 0. The van der Waals surface area contributed by atoms with Crippen LogP contribution in [0, 0.1) is 11.8 Å². The molecule has 0 bridgehead atoms. The Morgan fingerprint density at radius 2 is 1.74 bits per heavy atom. The first-order valence-corrected chi connectivity index (χ1v) is 6.80. The van der Waals surface area contributed by atoms with Crippen LogP contribution < -0.4 is 0 Å². The molecule has 1 heterocycles. The summed E-state index contributed by atoms with van der Waals surface area (Å²) in [5.74, 6) is -0.0952. The molecule has 0 aromatic heterocycles. The number of benzene rings is 1. The molecule has 2 fully saturated rings. The van der Waals surface area contributed by atoms with Crippen molar-refractivity contribution in [2.24, 2.45) is 11.8 Å². The third-order valence-corrected chi connectivity index (χ3v) is 4.18. The second kappa shape index (κ2) is 4.68. The van der Waals surface area contributed by atoms with E-state index >= 15 is 0 Å². The Balaban J connectivity index is 1.81. The SMILES string of the molecule is O=C1C2CCCCC2C(=O)N1Cc1cccc(O)c1. The Hall–Kier alpha value is -1.84. The van der Waals surface area contributed by atoms with Gasteiger partial charge in [-0.25, -0.2) is 0 Å². The second-order valence-electron chi connectivity index (χ2n) is 5.43. The molecule has 0 radical (unpaired) electrons. The average Bonchev–Trinajstić information content (AvgIpc) is 2.65. The zero-order valence-corrected chi connectivity index (χ0v) is 10.7. The van der Waals surface area contributed by atoms with Gasteiger partial charge in [0.2, 0.25) is 11.8 Å².